The molecule has 0 spiro atoms. The van der Waals surface area contributed by atoms with Crippen LogP contribution >= 0.6 is 11.3 Å². The number of hydrogen-bond donors (Lipinski definition) is 1. The zero-order valence-corrected chi connectivity index (χ0v) is 13.8. The van der Waals surface area contributed by atoms with E-state index in [2.05, 4.69) is 15.3 Å². The van der Waals surface area contributed by atoms with Gasteiger partial charge in [0.2, 0.25) is 0 Å². The van der Waals surface area contributed by atoms with E-state index in [4.69, 9.17) is 0 Å². The molecule has 0 fully saturated rings. The standard InChI is InChI=1S/C18H17N3OS/c1-12(14-5-8-19-9-6-14)21-18(22)16-3-4-17(20-13(16)2)15-7-10-23-11-15/h3-12H,1-2H3,(H,21,22). The average Bonchev–Trinajstić information content (AvgIpc) is 3.10. The van der Waals surface area contributed by atoms with Gasteiger partial charge in [-0.15, -0.1) is 0 Å². The molecule has 0 radical (unpaired) electrons. The third kappa shape index (κ3) is 3.46. The number of carbonyl (C=O) groups is 1. The van der Waals surface area contributed by atoms with Gasteiger partial charge in [0.15, 0.2) is 0 Å². The summed E-state index contributed by atoms with van der Waals surface area (Å²) in [5.41, 5.74) is 4.32. The zero-order chi connectivity index (χ0) is 16.2. The van der Waals surface area contributed by atoms with Gasteiger partial charge in [-0.05, 0) is 55.1 Å². The Labute approximate surface area is 139 Å². The number of pyridine rings is 2. The molecule has 0 aromatic carbocycles. The minimum Gasteiger partial charge on any atom is -0.345 e. The third-order valence-electron chi connectivity index (χ3n) is 3.70. The van der Waals surface area contributed by atoms with Crippen molar-refractivity contribution in [2.75, 3.05) is 0 Å². The van der Waals surface area contributed by atoms with E-state index >= 15 is 0 Å². The van der Waals surface area contributed by atoms with Crippen molar-refractivity contribution >= 4 is 17.2 Å². The molecular weight excluding hydrogens is 306 g/mol. The molecule has 3 heterocycles. The van der Waals surface area contributed by atoms with Crippen molar-refractivity contribution in [1.29, 1.82) is 0 Å². The van der Waals surface area contributed by atoms with Crippen molar-refractivity contribution in [3.05, 3.63) is 70.3 Å². The van der Waals surface area contributed by atoms with E-state index in [0.29, 0.717) is 5.56 Å². The van der Waals surface area contributed by atoms with Crippen LogP contribution in [0.1, 0.15) is 34.6 Å². The molecular formula is C18H17N3OS. The van der Waals surface area contributed by atoms with Gasteiger partial charge >= 0.3 is 0 Å². The molecule has 23 heavy (non-hydrogen) atoms. The lowest BCUT2D eigenvalue weighted by Crippen LogP contribution is -2.27. The number of amides is 1. The van der Waals surface area contributed by atoms with Gasteiger partial charge in [-0.3, -0.25) is 14.8 Å². The molecule has 1 atom stereocenters. The van der Waals surface area contributed by atoms with Crippen LogP contribution in [0.5, 0.6) is 0 Å². The number of nitrogens with zero attached hydrogens (tertiary/aromatic N) is 2. The maximum Gasteiger partial charge on any atom is 0.253 e. The van der Waals surface area contributed by atoms with Crippen molar-refractivity contribution in [2.24, 2.45) is 0 Å². The number of aromatic nitrogens is 2. The number of aryl methyl sites for hydroxylation is 1. The highest BCUT2D eigenvalue weighted by Crippen LogP contribution is 2.22. The smallest absolute Gasteiger partial charge is 0.253 e. The van der Waals surface area contributed by atoms with E-state index in [-0.39, 0.29) is 11.9 Å². The maximum atomic E-state index is 12.5. The number of rotatable bonds is 4. The summed E-state index contributed by atoms with van der Waals surface area (Å²) in [6.45, 7) is 3.82. The third-order valence-corrected chi connectivity index (χ3v) is 4.38. The van der Waals surface area contributed by atoms with Gasteiger partial charge in [0.05, 0.1) is 23.0 Å². The molecule has 3 aromatic rings. The van der Waals surface area contributed by atoms with Crippen LogP contribution in [-0.2, 0) is 0 Å². The summed E-state index contributed by atoms with van der Waals surface area (Å²) in [7, 11) is 0. The Balaban J connectivity index is 1.77. The lowest BCUT2D eigenvalue weighted by Gasteiger charge is -2.15. The van der Waals surface area contributed by atoms with E-state index in [1.165, 1.54) is 0 Å². The Morgan fingerprint density at radius 3 is 2.61 bits per heavy atom. The molecule has 3 rings (SSSR count). The van der Waals surface area contributed by atoms with Crippen LogP contribution in [0.4, 0.5) is 0 Å². The predicted molar refractivity (Wildman–Crippen MR) is 92.4 cm³/mol. The van der Waals surface area contributed by atoms with Crippen LogP contribution in [0.2, 0.25) is 0 Å². The second-order valence-electron chi connectivity index (χ2n) is 5.32. The monoisotopic (exact) mass is 323 g/mol. The van der Waals surface area contributed by atoms with E-state index in [0.717, 1.165) is 22.5 Å². The highest BCUT2D eigenvalue weighted by Gasteiger charge is 2.15. The van der Waals surface area contributed by atoms with Gasteiger partial charge in [-0.1, -0.05) is 0 Å². The topological polar surface area (TPSA) is 54.9 Å². The maximum absolute atomic E-state index is 12.5. The second-order valence-corrected chi connectivity index (χ2v) is 6.10. The van der Waals surface area contributed by atoms with Crippen molar-refractivity contribution in [3.63, 3.8) is 0 Å². The molecule has 4 nitrogen and oxygen atoms in total. The largest absolute Gasteiger partial charge is 0.345 e. The van der Waals surface area contributed by atoms with Crippen LogP contribution in [0.25, 0.3) is 11.3 Å². The number of thiophene rings is 1. The summed E-state index contributed by atoms with van der Waals surface area (Å²) in [4.78, 5) is 21.0. The van der Waals surface area contributed by atoms with Crippen molar-refractivity contribution < 1.29 is 4.79 Å². The lowest BCUT2D eigenvalue weighted by atomic mass is 10.1. The Kier molecular flexibility index (Phi) is 4.48. The summed E-state index contributed by atoms with van der Waals surface area (Å²) >= 11 is 1.63. The summed E-state index contributed by atoms with van der Waals surface area (Å²) in [5, 5.41) is 7.07. The van der Waals surface area contributed by atoms with Gasteiger partial charge < -0.3 is 5.32 Å². The highest BCUT2D eigenvalue weighted by atomic mass is 32.1. The molecule has 0 saturated heterocycles. The molecule has 0 aliphatic rings. The minimum atomic E-state index is -0.115. The number of hydrogen-bond acceptors (Lipinski definition) is 4. The number of carbonyl (C=O) groups excluding carboxylic acids is 1. The fourth-order valence-corrected chi connectivity index (χ4v) is 3.03. The molecule has 1 N–H and O–H groups in total. The Morgan fingerprint density at radius 2 is 1.96 bits per heavy atom. The molecule has 0 saturated carbocycles. The van der Waals surface area contributed by atoms with Crippen LogP contribution in [0.3, 0.4) is 0 Å². The van der Waals surface area contributed by atoms with Crippen molar-refractivity contribution in [3.8, 4) is 11.3 Å². The van der Waals surface area contributed by atoms with Crippen LogP contribution < -0.4 is 5.32 Å². The first-order valence-electron chi connectivity index (χ1n) is 7.36. The molecule has 1 unspecified atom stereocenters. The highest BCUT2D eigenvalue weighted by molar-refractivity contribution is 7.08. The van der Waals surface area contributed by atoms with Crippen LogP contribution in [0, 0.1) is 6.92 Å². The Hall–Kier alpha value is -2.53. The van der Waals surface area contributed by atoms with Gasteiger partial charge in [-0.2, -0.15) is 11.3 Å². The summed E-state index contributed by atoms with van der Waals surface area (Å²) in [6, 6.07) is 9.47. The fourth-order valence-electron chi connectivity index (χ4n) is 2.38. The molecule has 5 heteroatoms. The van der Waals surface area contributed by atoms with Crippen molar-refractivity contribution in [1.82, 2.24) is 15.3 Å². The molecule has 0 aliphatic heterocycles. The summed E-state index contributed by atoms with van der Waals surface area (Å²) in [6.07, 6.45) is 3.45. The van der Waals surface area contributed by atoms with Crippen LogP contribution in [-0.4, -0.2) is 15.9 Å². The molecule has 3 aromatic heterocycles. The van der Waals surface area contributed by atoms with E-state index in [1.807, 2.05) is 54.9 Å². The molecule has 0 aliphatic carbocycles. The van der Waals surface area contributed by atoms with Gasteiger partial charge in [0.1, 0.15) is 0 Å². The molecule has 0 bridgehead atoms. The summed E-state index contributed by atoms with van der Waals surface area (Å²) < 4.78 is 0. The van der Waals surface area contributed by atoms with Crippen molar-refractivity contribution in [2.45, 2.75) is 19.9 Å². The van der Waals surface area contributed by atoms with Gasteiger partial charge in [0, 0.05) is 23.3 Å². The number of nitrogens with one attached hydrogen (secondary N) is 1. The second kappa shape index (κ2) is 6.71. The Bertz CT molecular complexity index is 800. The first-order chi connectivity index (χ1) is 11.1. The van der Waals surface area contributed by atoms with Gasteiger partial charge in [0.25, 0.3) is 5.91 Å². The summed E-state index contributed by atoms with van der Waals surface area (Å²) in [5.74, 6) is -0.115. The quantitative estimate of drug-likeness (QED) is 0.789. The van der Waals surface area contributed by atoms with Crippen LogP contribution in [0.15, 0.2) is 53.5 Å². The normalized spacial score (nSPS) is 11.9. The van der Waals surface area contributed by atoms with E-state index in [1.54, 1.807) is 23.7 Å². The fraction of sp³-hybridized carbons (Fsp3) is 0.167. The predicted octanol–water partition coefficient (Wildman–Crippen LogP) is 4.00. The molecule has 116 valence electrons. The lowest BCUT2D eigenvalue weighted by molar-refractivity contribution is 0.0939. The first kappa shape index (κ1) is 15.4. The minimum absolute atomic E-state index is 0.0820. The zero-order valence-electron chi connectivity index (χ0n) is 13.0. The SMILES string of the molecule is Cc1nc(-c2ccsc2)ccc1C(=O)NC(C)c1ccncc1. The average molecular weight is 323 g/mol. The Morgan fingerprint density at radius 1 is 1.17 bits per heavy atom. The first-order valence-corrected chi connectivity index (χ1v) is 8.30. The van der Waals surface area contributed by atoms with E-state index < -0.39 is 0 Å². The van der Waals surface area contributed by atoms with E-state index in [9.17, 15) is 4.79 Å². The molecule has 1 amide bonds. The van der Waals surface area contributed by atoms with Gasteiger partial charge in [-0.25, -0.2) is 0 Å².